The number of amides is 2. The summed E-state index contributed by atoms with van der Waals surface area (Å²) < 4.78 is 5.55. The fourth-order valence-electron chi connectivity index (χ4n) is 5.05. The molecule has 1 heterocycles. The molecule has 1 fully saturated rings. The van der Waals surface area contributed by atoms with E-state index >= 15 is 0 Å². The smallest absolute Gasteiger partial charge is 0.407 e. The van der Waals surface area contributed by atoms with Gasteiger partial charge in [0, 0.05) is 25.4 Å². The van der Waals surface area contributed by atoms with Crippen LogP contribution in [0.5, 0.6) is 0 Å². The molecule has 7 nitrogen and oxygen atoms in total. The van der Waals surface area contributed by atoms with E-state index in [4.69, 9.17) is 4.74 Å². The van der Waals surface area contributed by atoms with Gasteiger partial charge in [0.2, 0.25) is 5.91 Å². The highest BCUT2D eigenvalue weighted by Gasteiger charge is 2.33. The average Bonchev–Trinajstić information content (AvgIpc) is 3.45. The molecule has 0 spiro atoms. The molecule has 7 heteroatoms. The van der Waals surface area contributed by atoms with Gasteiger partial charge in [0.15, 0.2) is 0 Å². The van der Waals surface area contributed by atoms with Crippen molar-refractivity contribution in [2.24, 2.45) is 5.92 Å². The minimum atomic E-state index is -0.925. The van der Waals surface area contributed by atoms with Crippen LogP contribution >= 0.6 is 0 Å². The van der Waals surface area contributed by atoms with Crippen LogP contribution in [-0.4, -0.2) is 53.7 Å². The standard InChI is InChI=1S/C27H32N2O5/c1-18(12-13-25(30)29-16-6-11-24(29)26(31)32)14-15-28-27(33)34-17-23-21-9-4-2-7-19(21)20-8-3-5-10-22(20)23/h2-5,7-10,18,23-24H,6,11-17H2,1H3,(H,28,33)(H,31,32)/t18?,24-/m1/s1. The molecule has 2 amide bonds. The van der Waals surface area contributed by atoms with E-state index in [0.29, 0.717) is 32.4 Å². The Morgan fingerprint density at radius 3 is 2.35 bits per heavy atom. The Kier molecular flexibility index (Phi) is 7.50. The molecule has 180 valence electrons. The van der Waals surface area contributed by atoms with Gasteiger partial charge in [-0.2, -0.15) is 0 Å². The average molecular weight is 465 g/mol. The quantitative estimate of drug-likeness (QED) is 0.573. The van der Waals surface area contributed by atoms with Crippen LogP contribution < -0.4 is 5.32 Å². The molecule has 1 saturated heterocycles. The maximum absolute atomic E-state index is 12.4. The summed E-state index contributed by atoms with van der Waals surface area (Å²) in [4.78, 5) is 37.5. The third-order valence-electron chi connectivity index (χ3n) is 6.96. The van der Waals surface area contributed by atoms with Crippen molar-refractivity contribution >= 4 is 18.0 Å². The lowest BCUT2D eigenvalue weighted by molar-refractivity contribution is -0.148. The van der Waals surface area contributed by atoms with Crippen molar-refractivity contribution in [1.82, 2.24) is 10.2 Å². The molecule has 0 bridgehead atoms. The zero-order chi connectivity index (χ0) is 24.1. The lowest BCUT2D eigenvalue weighted by atomic mass is 9.98. The number of carboxylic acids is 1. The molecule has 1 unspecified atom stereocenters. The number of nitrogens with zero attached hydrogens (tertiary/aromatic N) is 1. The van der Waals surface area contributed by atoms with Crippen LogP contribution in [0.3, 0.4) is 0 Å². The number of carbonyl (C=O) groups excluding carboxylic acids is 2. The fourth-order valence-corrected chi connectivity index (χ4v) is 5.05. The summed E-state index contributed by atoms with van der Waals surface area (Å²) in [5.74, 6) is -0.764. The second-order valence-corrected chi connectivity index (χ2v) is 9.27. The normalized spacial score (nSPS) is 17.7. The third-order valence-corrected chi connectivity index (χ3v) is 6.96. The molecule has 2 aromatic carbocycles. The summed E-state index contributed by atoms with van der Waals surface area (Å²) in [5.41, 5.74) is 4.74. The molecule has 2 atom stereocenters. The first kappa shape index (κ1) is 23.8. The molecule has 1 aliphatic heterocycles. The first-order valence-electron chi connectivity index (χ1n) is 12.1. The van der Waals surface area contributed by atoms with Gasteiger partial charge in [0.05, 0.1) is 0 Å². The number of alkyl carbamates (subject to hydrolysis) is 1. The molecule has 0 radical (unpaired) electrons. The number of hydrogen-bond donors (Lipinski definition) is 2. The number of fused-ring (bicyclic) bond motifs is 3. The van der Waals surface area contributed by atoms with Gasteiger partial charge >= 0.3 is 12.1 Å². The predicted molar refractivity (Wildman–Crippen MR) is 128 cm³/mol. The summed E-state index contributed by atoms with van der Waals surface area (Å²) in [6.45, 7) is 3.30. The van der Waals surface area contributed by atoms with E-state index in [0.717, 1.165) is 12.8 Å². The van der Waals surface area contributed by atoms with Gasteiger partial charge in [-0.15, -0.1) is 0 Å². The Hall–Kier alpha value is -3.35. The number of ether oxygens (including phenoxy) is 1. The Bertz CT molecular complexity index is 1010. The molecule has 4 rings (SSSR count). The Balaban J connectivity index is 1.18. The van der Waals surface area contributed by atoms with Crippen molar-refractivity contribution in [1.29, 1.82) is 0 Å². The van der Waals surface area contributed by atoms with Crippen molar-refractivity contribution in [3.05, 3.63) is 59.7 Å². The highest BCUT2D eigenvalue weighted by atomic mass is 16.5. The summed E-state index contributed by atoms with van der Waals surface area (Å²) in [5, 5.41) is 12.1. The van der Waals surface area contributed by atoms with E-state index in [1.165, 1.54) is 27.2 Å². The minimum absolute atomic E-state index is 0.0308. The summed E-state index contributed by atoms with van der Waals surface area (Å²) >= 11 is 0. The zero-order valence-corrected chi connectivity index (χ0v) is 19.5. The molecule has 34 heavy (non-hydrogen) atoms. The van der Waals surface area contributed by atoms with Gasteiger partial charge in [-0.05, 0) is 53.9 Å². The number of aliphatic carboxylic acids is 1. The molecule has 2 aromatic rings. The van der Waals surface area contributed by atoms with Crippen LogP contribution in [0.25, 0.3) is 11.1 Å². The Labute approximate surface area is 200 Å². The number of benzene rings is 2. The molecule has 0 aromatic heterocycles. The SMILES string of the molecule is CC(CCNC(=O)OCC1c2ccccc2-c2ccccc21)CCC(=O)N1CCC[C@@H]1C(=O)O. The topological polar surface area (TPSA) is 95.9 Å². The van der Waals surface area contributed by atoms with Crippen LogP contribution in [0.4, 0.5) is 4.79 Å². The van der Waals surface area contributed by atoms with Crippen molar-refractivity contribution < 1.29 is 24.2 Å². The number of likely N-dealkylation sites (tertiary alicyclic amines) is 1. The summed E-state index contributed by atoms with van der Waals surface area (Å²) in [6, 6.07) is 15.8. The zero-order valence-electron chi connectivity index (χ0n) is 19.5. The van der Waals surface area contributed by atoms with Crippen LogP contribution in [0.1, 0.15) is 56.1 Å². The van der Waals surface area contributed by atoms with Gasteiger partial charge < -0.3 is 20.1 Å². The third kappa shape index (κ3) is 5.24. The molecular formula is C27H32N2O5. The monoisotopic (exact) mass is 464 g/mol. The number of carboxylic acid groups (broad SMARTS) is 1. The van der Waals surface area contributed by atoms with Gasteiger partial charge in [0.1, 0.15) is 12.6 Å². The van der Waals surface area contributed by atoms with Crippen LogP contribution in [0.2, 0.25) is 0 Å². The molecule has 0 saturated carbocycles. The van der Waals surface area contributed by atoms with E-state index in [1.807, 2.05) is 31.2 Å². The van der Waals surface area contributed by atoms with Crippen LogP contribution in [0, 0.1) is 5.92 Å². The van der Waals surface area contributed by atoms with E-state index in [1.54, 1.807) is 0 Å². The van der Waals surface area contributed by atoms with Crippen molar-refractivity contribution in [2.75, 3.05) is 19.7 Å². The summed E-state index contributed by atoms with van der Waals surface area (Å²) in [7, 11) is 0. The van der Waals surface area contributed by atoms with Gasteiger partial charge in [0.25, 0.3) is 0 Å². The number of rotatable bonds is 9. The van der Waals surface area contributed by atoms with E-state index in [-0.39, 0.29) is 24.3 Å². The van der Waals surface area contributed by atoms with E-state index in [2.05, 4.69) is 29.6 Å². The fraction of sp³-hybridized carbons (Fsp3) is 0.444. The van der Waals surface area contributed by atoms with Gasteiger partial charge in [-0.1, -0.05) is 55.5 Å². The van der Waals surface area contributed by atoms with Gasteiger partial charge in [-0.3, -0.25) is 4.79 Å². The van der Waals surface area contributed by atoms with E-state index < -0.39 is 18.1 Å². The molecule has 2 aliphatic rings. The number of nitrogens with one attached hydrogen (secondary N) is 1. The maximum atomic E-state index is 12.4. The molecule has 2 N–H and O–H groups in total. The van der Waals surface area contributed by atoms with Crippen LogP contribution in [0.15, 0.2) is 48.5 Å². The van der Waals surface area contributed by atoms with Crippen molar-refractivity contribution in [3.8, 4) is 11.1 Å². The largest absolute Gasteiger partial charge is 0.480 e. The van der Waals surface area contributed by atoms with Crippen molar-refractivity contribution in [3.63, 3.8) is 0 Å². The molecular weight excluding hydrogens is 432 g/mol. The summed E-state index contributed by atoms with van der Waals surface area (Å²) in [6.07, 6.45) is 2.54. The second kappa shape index (κ2) is 10.7. The van der Waals surface area contributed by atoms with Gasteiger partial charge in [-0.25, -0.2) is 9.59 Å². The highest BCUT2D eigenvalue weighted by Crippen LogP contribution is 2.44. The highest BCUT2D eigenvalue weighted by molar-refractivity contribution is 5.84. The lowest BCUT2D eigenvalue weighted by Crippen LogP contribution is -2.40. The Morgan fingerprint density at radius 1 is 1.06 bits per heavy atom. The first-order valence-corrected chi connectivity index (χ1v) is 12.1. The second-order valence-electron chi connectivity index (χ2n) is 9.27. The first-order chi connectivity index (χ1) is 16.5. The molecule has 1 aliphatic carbocycles. The lowest BCUT2D eigenvalue weighted by Gasteiger charge is -2.22. The number of carbonyl (C=O) groups is 3. The van der Waals surface area contributed by atoms with E-state index in [9.17, 15) is 19.5 Å². The maximum Gasteiger partial charge on any atom is 0.407 e. The van der Waals surface area contributed by atoms with Crippen LogP contribution in [-0.2, 0) is 14.3 Å². The minimum Gasteiger partial charge on any atom is -0.480 e. The Morgan fingerprint density at radius 2 is 1.71 bits per heavy atom. The van der Waals surface area contributed by atoms with Crippen molar-refractivity contribution in [2.45, 2.75) is 51.0 Å². The predicted octanol–water partition coefficient (Wildman–Crippen LogP) is 4.41. The number of hydrogen-bond acceptors (Lipinski definition) is 4.